The highest BCUT2D eigenvalue weighted by atomic mass is 32.2. The number of sulfone groups is 2. The first-order valence-corrected chi connectivity index (χ1v) is 11.2. The quantitative estimate of drug-likeness (QED) is 0.777. The van der Waals surface area contributed by atoms with E-state index in [1.807, 2.05) is 6.92 Å². The minimum Gasteiger partial charge on any atom is -0.332 e. The maximum atomic E-state index is 12.5. The van der Waals surface area contributed by atoms with Gasteiger partial charge in [-0.05, 0) is 26.2 Å². The molecule has 0 aromatic carbocycles. The monoisotopic (exact) mass is 352 g/mol. The lowest BCUT2D eigenvalue weighted by molar-refractivity contribution is 0.170. The third-order valence-corrected chi connectivity index (χ3v) is 7.94. The molecule has 2 rings (SSSR count). The van der Waals surface area contributed by atoms with Crippen LogP contribution in [0.2, 0.25) is 0 Å². The number of urea groups is 1. The average molecular weight is 352 g/mol. The van der Waals surface area contributed by atoms with Crippen LogP contribution < -0.4 is 5.32 Å². The van der Waals surface area contributed by atoms with Crippen LogP contribution in [0.5, 0.6) is 0 Å². The summed E-state index contributed by atoms with van der Waals surface area (Å²) in [7, 11) is -6.18. The number of nitrogens with one attached hydrogen (secondary N) is 1. The van der Waals surface area contributed by atoms with Crippen LogP contribution in [-0.4, -0.2) is 68.9 Å². The predicted molar refractivity (Wildman–Crippen MR) is 84.3 cm³/mol. The molecule has 2 amide bonds. The summed E-state index contributed by atoms with van der Waals surface area (Å²) in [5, 5.41) is 2.81. The highest BCUT2D eigenvalue weighted by molar-refractivity contribution is 7.92. The Labute approximate surface area is 132 Å². The maximum Gasteiger partial charge on any atom is 0.318 e. The minimum atomic E-state index is -3.10. The summed E-state index contributed by atoms with van der Waals surface area (Å²) in [4.78, 5) is 14.1. The molecule has 128 valence electrons. The van der Waals surface area contributed by atoms with Crippen LogP contribution in [0.1, 0.15) is 33.1 Å². The van der Waals surface area contributed by atoms with E-state index in [-0.39, 0.29) is 35.1 Å². The molecule has 2 saturated heterocycles. The van der Waals surface area contributed by atoms with Crippen LogP contribution >= 0.6 is 0 Å². The Morgan fingerprint density at radius 2 is 1.91 bits per heavy atom. The molecule has 2 aliphatic rings. The number of hydrogen-bond donors (Lipinski definition) is 1. The summed E-state index contributed by atoms with van der Waals surface area (Å²) >= 11 is 0. The lowest BCUT2D eigenvalue weighted by Crippen LogP contribution is -2.55. The van der Waals surface area contributed by atoms with Gasteiger partial charge in [0.1, 0.15) is 0 Å². The molecule has 0 bridgehead atoms. The summed E-state index contributed by atoms with van der Waals surface area (Å²) in [6, 6.07) is -0.671. The van der Waals surface area contributed by atoms with Gasteiger partial charge in [-0.2, -0.15) is 0 Å². The van der Waals surface area contributed by atoms with Gasteiger partial charge in [-0.3, -0.25) is 0 Å². The Balaban J connectivity index is 2.08. The van der Waals surface area contributed by atoms with E-state index in [2.05, 4.69) is 5.32 Å². The van der Waals surface area contributed by atoms with Crippen LogP contribution in [0.4, 0.5) is 4.79 Å². The van der Waals surface area contributed by atoms with Crippen LogP contribution in [0.25, 0.3) is 0 Å². The Kier molecular flexibility index (Phi) is 4.77. The fourth-order valence-corrected chi connectivity index (χ4v) is 6.97. The molecule has 0 saturated carbocycles. The van der Waals surface area contributed by atoms with E-state index in [0.717, 1.165) is 6.42 Å². The highest BCUT2D eigenvalue weighted by Crippen LogP contribution is 2.24. The second-order valence-electron chi connectivity index (χ2n) is 6.58. The third kappa shape index (κ3) is 4.13. The van der Waals surface area contributed by atoms with Gasteiger partial charge in [0.25, 0.3) is 0 Å². The van der Waals surface area contributed by atoms with Gasteiger partial charge in [0.15, 0.2) is 19.7 Å². The molecule has 0 radical (unpaired) electrons. The number of carbonyl (C=O) groups is 1. The van der Waals surface area contributed by atoms with E-state index in [1.54, 1.807) is 11.8 Å². The molecule has 0 aromatic rings. The smallest absolute Gasteiger partial charge is 0.318 e. The number of rotatable bonds is 4. The molecular weight excluding hydrogens is 328 g/mol. The van der Waals surface area contributed by atoms with Crippen molar-refractivity contribution < 1.29 is 21.6 Å². The van der Waals surface area contributed by atoms with Crippen LogP contribution in [0.15, 0.2) is 0 Å². The van der Waals surface area contributed by atoms with Crippen LogP contribution in [0.3, 0.4) is 0 Å². The standard InChI is InChI=1S/C13H24N2O5S2/c1-3-6-15(11-4-7-21(17,18)9-11)12(16)14-13(2)5-8-22(19,20)10-13/h11H,3-10H2,1-2H3,(H,14,16). The van der Waals surface area contributed by atoms with Gasteiger partial charge in [0, 0.05) is 12.6 Å². The SMILES string of the molecule is CCCN(C(=O)NC1(C)CCS(=O)(=O)C1)C1CCS(=O)(=O)C1. The van der Waals surface area contributed by atoms with Crippen molar-refractivity contribution in [3.8, 4) is 0 Å². The molecule has 9 heteroatoms. The van der Waals surface area contributed by atoms with Crippen molar-refractivity contribution in [3.63, 3.8) is 0 Å². The lowest BCUT2D eigenvalue weighted by Gasteiger charge is -2.33. The fourth-order valence-electron chi connectivity index (χ4n) is 3.15. The largest absolute Gasteiger partial charge is 0.332 e. The molecule has 22 heavy (non-hydrogen) atoms. The summed E-state index contributed by atoms with van der Waals surface area (Å²) in [5.74, 6) is 0.121. The fraction of sp³-hybridized carbons (Fsp3) is 0.923. The number of hydrogen-bond acceptors (Lipinski definition) is 5. The van der Waals surface area contributed by atoms with Crippen molar-refractivity contribution >= 4 is 25.7 Å². The van der Waals surface area contributed by atoms with E-state index in [4.69, 9.17) is 0 Å². The number of amides is 2. The first-order chi connectivity index (χ1) is 10.1. The average Bonchev–Trinajstić information content (AvgIpc) is 2.85. The Morgan fingerprint density at radius 3 is 2.36 bits per heavy atom. The predicted octanol–water partition coefficient (Wildman–Crippen LogP) is 0.172. The zero-order chi connectivity index (χ0) is 16.6. The molecular formula is C13H24N2O5S2. The topological polar surface area (TPSA) is 101 Å². The second-order valence-corrected chi connectivity index (χ2v) is 11.0. The maximum absolute atomic E-state index is 12.5. The van der Waals surface area contributed by atoms with Crippen LogP contribution in [-0.2, 0) is 19.7 Å². The lowest BCUT2D eigenvalue weighted by atomic mass is 10.0. The van der Waals surface area contributed by atoms with Crippen molar-refractivity contribution in [3.05, 3.63) is 0 Å². The minimum absolute atomic E-state index is 0.00453. The van der Waals surface area contributed by atoms with E-state index in [9.17, 15) is 21.6 Å². The molecule has 1 N–H and O–H groups in total. The van der Waals surface area contributed by atoms with Crippen LogP contribution in [0, 0.1) is 0 Å². The van der Waals surface area contributed by atoms with Gasteiger partial charge in [0.2, 0.25) is 0 Å². The summed E-state index contributed by atoms with van der Waals surface area (Å²) in [6.45, 7) is 4.12. The molecule has 0 aliphatic carbocycles. The number of nitrogens with zero attached hydrogens (tertiary/aromatic N) is 1. The van der Waals surface area contributed by atoms with Crippen molar-refractivity contribution in [2.75, 3.05) is 29.6 Å². The molecule has 7 nitrogen and oxygen atoms in total. The first-order valence-electron chi connectivity index (χ1n) is 7.55. The number of carbonyl (C=O) groups excluding carboxylic acids is 1. The van der Waals surface area contributed by atoms with Gasteiger partial charge >= 0.3 is 6.03 Å². The Hall–Kier alpha value is -0.830. The van der Waals surface area contributed by atoms with Gasteiger partial charge < -0.3 is 10.2 Å². The van der Waals surface area contributed by atoms with E-state index < -0.39 is 25.2 Å². The van der Waals surface area contributed by atoms with E-state index in [0.29, 0.717) is 19.4 Å². The molecule has 2 atom stereocenters. The first kappa shape index (κ1) is 17.5. The molecule has 2 unspecified atom stereocenters. The molecule has 2 fully saturated rings. The van der Waals surface area contributed by atoms with Crippen molar-refractivity contribution in [1.29, 1.82) is 0 Å². The van der Waals surface area contributed by atoms with Gasteiger partial charge in [0.05, 0.1) is 28.6 Å². The van der Waals surface area contributed by atoms with Gasteiger partial charge in [-0.15, -0.1) is 0 Å². The summed E-state index contributed by atoms with van der Waals surface area (Å²) < 4.78 is 46.5. The second kappa shape index (κ2) is 5.99. The highest BCUT2D eigenvalue weighted by Gasteiger charge is 2.42. The molecule has 2 heterocycles. The summed E-state index contributed by atoms with van der Waals surface area (Å²) in [6.07, 6.45) is 1.56. The third-order valence-electron chi connectivity index (χ3n) is 4.29. The molecule has 0 aromatic heterocycles. The Bertz CT molecular complexity index is 643. The molecule has 2 aliphatic heterocycles. The normalized spacial score (nSPS) is 32.7. The van der Waals surface area contributed by atoms with Gasteiger partial charge in [-0.25, -0.2) is 21.6 Å². The van der Waals surface area contributed by atoms with Gasteiger partial charge in [-0.1, -0.05) is 6.92 Å². The molecule has 0 spiro atoms. The van der Waals surface area contributed by atoms with E-state index >= 15 is 0 Å². The van der Waals surface area contributed by atoms with E-state index in [1.165, 1.54) is 0 Å². The summed E-state index contributed by atoms with van der Waals surface area (Å²) in [5.41, 5.74) is -0.764. The zero-order valence-corrected chi connectivity index (χ0v) is 14.7. The Morgan fingerprint density at radius 1 is 1.23 bits per heavy atom. The van der Waals surface area contributed by atoms with Crippen molar-refractivity contribution in [1.82, 2.24) is 10.2 Å². The van der Waals surface area contributed by atoms with Crippen molar-refractivity contribution in [2.45, 2.75) is 44.7 Å². The zero-order valence-electron chi connectivity index (χ0n) is 13.0. The van der Waals surface area contributed by atoms with Crippen molar-refractivity contribution in [2.24, 2.45) is 0 Å².